The van der Waals surface area contributed by atoms with E-state index in [1.165, 1.54) is 0 Å². The SMILES string of the molecule is CC(C)[C@@H](N)C(=O)NCC1CCC(C(=O)N[C@@H](Cc2ccccc2)C(=O)O)CC1.[Cl-]. The second-order valence-corrected chi connectivity index (χ2v) is 8.32. The molecule has 0 radical (unpaired) electrons. The maximum absolute atomic E-state index is 12.6. The van der Waals surface area contributed by atoms with E-state index in [0.717, 1.165) is 18.4 Å². The van der Waals surface area contributed by atoms with Crippen LogP contribution >= 0.6 is 0 Å². The molecule has 2 atom stereocenters. The number of nitrogens with one attached hydrogen (secondary N) is 2. The topological polar surface area (TPSA) is 122 Å². The lowest BCUT2D eigenvalue weighted by Gasteiger charge is -2.29. The summed E-state index contributed by atoms with van der Waals surface area (Å²) in [6, 6.07) is 7.84. The molecule has 1 aromatic carbocycles. The summed E-state index contributed by atoms with van der Waals surface area (Å²) in [6.07, 6.45) is 3.30. The average molecular weight is 439 g/mol. The van der Waals surface area contributed by atoms with Crippen LogP contribution in [0.25, 0.3) is 0 Å². The Balaban J connectivity index is 0.00000450. The van der Waals surface area contributed by atoms with E-state index in [1.807, 2.05) is 44.2 Å². The highest BCUT2D eigenvalue weighted by molar-refractivity contribution is 5.85. The Morgan fingerprint density at radius 2 is 1.70 bits per heavy atom. The van der Waals surface area contributed by atoms with E-state index in [4.69, 9.17) is 5.73 Å². The molecule has 0 spiro atoms. The van der Waals surface area contributed by atoms with Gasteiger partial charge >= 0.3 is 5.97 Å². The summed E-state index contributed by atoms with van der Waals surface area (Å²) < 4.78 is 0. The normalized spacial score (nSPS) is 20.5. The molecule has 7 nitrogen and oxygen atoms in total. The fourth-order valence-electron chi connectivity index (χ4n) is 3.63. The Bertz CT molecular complexity index is 691. The van der Waals surface area contributed by atoms with Crippen LogP contribution in [0, 0.1) is 17.8 Å². The van der Waals surface area contributed by atoms with Crippen LogP contribution in [-0.4, -0.2) is 41.5 Å². The number of hydrogen-bond acceptors (Lipinski definition) is 4. The minimum Gasteiger partial charge on any atom is -1.00 e. The van der Waals surface area contributed by atoms with Crippen molar-refractivity contribution in [2.45, 2.75) is 58.0 Å². The van der Waals surface area contributed by atoms with Gasteiger partial charge in [-0.25, -0.2) is 4.79 Å². The largest absolute Gasteiger partial charge is 1.00 e. The Hall–Kier alpha value is -2.12. The molecule has 1 aromatic rings. The molecular weight excluding hydrogens is 406 g/mol. The fraction of sp³-hybridized carbons (Fsp3) is 0.591. The number of amides is 2. The smallest absolute Gasteiger partial charge is 0.326 e. The number of carboxylic acid groups (broad SMARTS) is 1. The molecule has 168 valence electrons. The van der Waals surface area contributed by atoms with Gasteiger partial charge in [0.25, 0.3) is 0 Å². The van der Waals surface area contributed by atoms with E-state index in [1.54, 1.807) is 0 Å². The molecule has 0 unspecified atom stereocenters. The summed E-state index contributed by atoms with van der Waals surface area (Å²) in [5, 5.41) is 15.1. The number of hydrogen-bond donors (Lipinski definition) is 4. The van der Waals surface area contributed by atoms with E-state index < -0.39 is 18.1 Å². The standard InChI is InChI=1S/C22H33N3O4.ClH/c1-14(2)19(23)21(27)24-13-16-8-10-17(11-9-16)20(26)25-18(22(28)29)12-15-6-4-3-5-7-15;/h3-7,14,16-19H,8-13,23H2,1-2H3,(H,24,27)(H,25,26)(H,28,29);1H/p-1/t16?,17?,18-,19+;/m0./s1. The van der Waals surface area contributed by atoms with Crippen molar-refractivity contribution >= 4 is 17.8 Å². The van der Waals surface area contributed by atoms with Gasteiger partial charge in [0.15, 0.2) is 0 Å². The molecule has 8 heteroatoms. The van der Waals surface area contributed by atoms with Gasteiger partial charge in [-0.3, -0.25) is 9.59 Å². The number of rotatable bonds is 9. The van der Waals surface area contributed by atoms with E-state index in [2.05, 4.69) is 10.6 Å². The molecular formula is C22H33ClN3O4-. The number of carboxylic acids is 1. The molecule has 30 heavy (non-hydrogen) atoms. The summed E-state index contributed by atoms with van der Waals surface area (Å²) in [5.74, 6) is -1.13. The highest BCUT2D eigenvalue weighted by Gasteiger charge is 2.30. The predicted octanol–water partition coefficient (Wildman–Crippen LogP) is -1.29. The Labute approximate surface area is 184 Å². The Kier molecular flexibility index (Phi) is 10.8. The number of carbonyl (C=O) groups excluding carboxylic acids is 2. The first-order valence-corrected chi connectivity index (χ1v) is 10.4. The zero-order chi connectivity index (χ0) is 21.4. The number of halogens is 1. The van der Waals surface area contributed by atoms with Crippen molar-refractivity contribution in [2.24, 2.45) is 23.5 Å². The quantitative estimate of drug-likeness (QED) is 0.382. The van der Waals surface area contributed by atoms with Crippen LogP contribution in [0.5, 0.6) is 0 Å². The lowest BCUT2D eigenvalue weighted by atomic mass is 9.81. The second kappa shape index (κ2) is 12.5. The molecule has 0 saturated heterocycles. The third-order valence-electron chi connectivity index (χ3n) is 5.70. The van der Waals surface area contributed by atoms with E-state index in [9.17, 15) is 19.5 Å². The summed E-state index contributed by atoms with van der Waals surface area (Å²) in [7, 11) is 0. The van der Waals surface area contributed by atoms with Crippen LogP contribution in [0.2, 0.25) is 0 Å². The first-order valence-electron chi connectivity index (χ1n) is 10.4. The van der Waals surface area contributed by atoms with Crippen LogP contribution < -0.4 is 28.8 Å². The fourth-order valence-corrected chi connectivity index (χ4v) is 3.63. The highest BCUT2D eigenvalue weighted by atomic mass is 35.5. The lowest BCUT2D eigenvalue weighted by molar-refractivity contribution is -0.142. The van der Waals surface area contributed by atoms with Crippen molar-refractivity contribution in [2.75, 3.05) is 6.54 Å². The van der Waals surface area contributed by atoms with Gasteiger partial charge in [-0.1, -0.05) is 44.2 Å². The van der Waals surface area contributed by atoms with Crippen LogP contribution in [0.1, 0.15) is 45.1 Å². The van der Waals surface area contributed by atoms with Gasteiger partial charge in [0.05, 0.1) is 6.04 Å². The first-order chi connectivity index (χ1) is 13.8. The Morgan fingerprint density at radius 3 is 2.23 bits per heavy atom. The third kappa shape index (κ3) is 7.95. The molecule has 0 bridgehead atoms. The molecule has 1 aliphatic carbocycles. The van der Waals surface area contributed by atoms with Crippen LogP contribution in [0.3, 0.4) is 0 Å². The van der Waals surface area contributed by atoms with Crippen molar-refractivity contribution < 1.29 is 31.9 Å². The van der Waals surface area contributed by atoms with Crippen molar-refractivity contribution in [3.8, 4) is 0 Å². The van der Waals surface area contributed by atoms with E-state index in [0.29, 0.717) is 25.3 Å². The number of carbonyl (C=O) groups is 3. The predicted molar refractivity (Wildman–Crippen MR) is 111 cm³/mol. The molecule has 0 aromatic heterocycles. The van der Waals surface area contributed by atoms with Gasteiger partial charge < -0.3 is 33.9 Å². The summed E-state index contributed by atoms with van der Waals surface area (Å²) in [4.78, 5) is 36.1. The third-order valence-corrected chi connectivity index (χ3v) is 5.70. The van der Waals surface area contributed by atoms with Crippen molar-refractivity contribution in [3.05, 3.63) is 35.9 Å². The van der Waals surface area contributed by atoms with E-state index in [-0.39, 0.29) is 42.5 Å². The van der Waals surface area contributed by atoms with Crippen LogP contribution in [0.4, 0.5) is 0 Å². The number of benzene rings is 1. The molecule has 2 amide bonds. The van der Waals surface area contributed by atoms with Crippen molar-refractivity contribution in [1.82, 2.24) is 10.6 Å². The number of aliphatic carboxylic acids is 1. The molecule has 1 fully saturated rings. The van der Waals surface area contributed by atoms with Gasteiger partial charge in [-0.2, -0.15) is 0 Å². The minimum atomic E-state index is -1.03. The van der Waals surface area contributed by atoms with Gasteiger partial charge in [-0.05, 0) is 43.1 Å². The monoisotopic (exact) mass is 438 g/mol. The summed E-state index contributed by atoms with van der Waals surface area (Å²) in [6.45, 7) is 4.39. The molecule has 1 aliphatic rings. The van der Waals surface area contributed by atoms with Gasteiger partial charge in [-0.15, -0.1) is 0 Å². The summed E-state index contributed by atoms with van der Waals surface area (Å²) >= 11 is 0. The molecule has 0 heterocycles. The molecule has 0 aliphatic heterocycles. The maximum atomic E-state index is 12.6. The highest BCUT2D eigenvalue weighted by Crippen LogP contribution is 2.28. The average Bonchev–Trinajstić information content (AvgIpc) is 2.71. The van der Waals surface area contributed by atoms with Gasteiger partial charge in [0.2, 0.25) is 11.8 Å². The Morgan fingerprint density at radius 1 is 1.10 bits per heavy atom. The first kappa shape index (κ1) is 25.9. The lowest BCUT2D eigenvalue weighted by Crippen LogP contribution is -3.00. The summed E-state index contributed by atoms with van der Waals surface area (Å²) in [5.41, 5.74) is 6.72. The molecule has 2 rings (SSSR count). The zero-order valence-corrected chi connectivity index (χ0v) is 18.4. The molecule has 1 saturated carbocycles. The van der Waals surface area contributed by atoms with Gasteiger partial charge in [0.1, 0.15) is 6.04 Å². The van der Waals surface area contributed by atoms with E-state index >= 15 is 0 Å². The molecule has 5 N–H and O–H groups in total. The van der Waals surface area contributed by atoms with Crippen LogP contribution in [0.15, 0.2) is 30.3 Å². The number of nitrogens with two attached hydrogens (primary N) is 1. The minimum absolute atomic E-state index is 0. The van der Waals surface area contributed by atoms with Crippen molar-refractivity contribution in [3.63, 3.8) is 0 Å². The second-order valence-electron chi connectivity index (χ2n) is 8.32. The van der Waals surface area contributed by atoms with Crippen LogP contribution in [-0.2, 0) is 20.8 Å². The van der Waals surface area contributed by atoms with Crippen molar-refractivity contribution in [1.29, 1.82) is 0 Å². The maximum Gasteiger partial charge on any atom is 0.326 e. The van der Waals surface area contributed by atoms with Gasteiger partial charge in [0, 0.05) is 18.9 Å². The zero-order valence-electron chi connectivity index (χ0n) is 17.6.